The molecule has 0 aliphatic carbocycles. The highest BCUT2D eigenvalue weighted by Gasteiger charge is 2.27. The highest BCUT2D eigenvalue weighted by Crippen LogP contribution is 2.28. The van der Waals surface area contributed by atoms with E-state index in [2.05, 4.69) is 44.9 Å². The molecule has 0 aromatic heterocycles. The van der Waals surface area contributed by atoms with Gasteiger partial charge in [-0.2, -0.15) is 0 Å². The molecule has 0 aliphatic rings. The third kappa shape index (κ3) is 3.95. The summed E-state index contributed by atoms with van der Waals surface area (Å²) in [4.78, 5) is 2.36. The largest absolute Gasteiger partial charge is 0.494 e. The van der Waals surface area contributed by atoms with Gasteiger partial charge in [0, 0.05) is 18.1 Å². The summed E-state index contributed by atoms with van der Waals surface area (Å²) in [7, 11) is 2.15. The minimum atomic E-state index is 0.141. The van der Waals surface area contributed by atoms with Crippen molar-refractivity contribution >= 4 is 0 Å². The number of nitrogens with two attached hydrogens (primary N) is 1. The van der Waals surface area contributed by atoms with Crippen molar-refractivity contribution < 1.29 is 4.74 Å². The van der Waals surface area contributed by atoms with Crippen LogP contribution in [0.5, 0.6) is 5.75 Å². The average molecular weight is 264 g/mol. The van der Waals surface area contributed by atoms with E-state index in [1.807, 2.05) is 19.1 Å². The van der Waals surface area contributed by atoms with Crippen LogP contribution in [0.3, 0.4) is 0 Å². The highest BCUT2D eigenvalue weighted by atomic mass is 16.5. The van der Waals surface area contributed by atoms with Gasteiger partial charge in [0.05, 0.1) is 6.61 Å². The van der Waals surface area contributed by atoms with E-state index in [0.29, 0.717) is 13.2 Å². The standard InChI is InChI=1S/C16H28N2O/c1-6-16(3,4)18(5)15(12-17)13-8-10-14(11-9-13)19-7-2/h8-11,15H,6-7,12,17H2,1-5H3. The Kier molecular flexibility index (Phi) is 5.83. The first-order valence-electron chi connectivity index (χ1n) is 7.12. The van der Waals surface area contributed by atoms with Crippen LogP contribution >= 0.6 is 0 Å². The van der Waals surface area contributed by atoms with Gasteiger partial charge in [-0.3, -0.25) is 4.90 Å². The summed E-state index contributed by atoms with van der Waals surface area (Å²) in [5, 5.41) is 0. The lowest BCUT2D eigenvalue weighted by atomic mass is 9.95. The molecule has 0 aliphatic heterocycles. The quantitative estimate of drug-likeness (QED) is 0.822. The lowest BCUT2D eigenvalue weighted by Gasteiger charge is -2.40. The molecule has 0 radical (unpaired) electrons. The second kappa shape index (κ2) is 6.92. The summed E-state index contributed by atoms with van der Waals surface area (Å²) >= 11 is 0. The molecule has 0 spiro atoms. The molecule has 0 amide bonds. The van der Waals surface area contributed by atoms with Gasteiger partial charge in [-0.05, 0) is 51.9 Å². The molecule has 19 heavy (non-hydrogen) atoms. The topological polar surface area (TPSA) is 38.5 Å². The van der Waals surface area contributed by atoms with Crippen LogP contribution in [0, 0.1) is 0 Å². The van der Waals surface area contributed by atoms with Crippen LogP contribution in [0.1, 0.15) is 45.7 Å². The normalized spacial score (nSPS) is 13.6. The summed E-state index contributed by atoms with van der Waals surface area (Å²) in [6.07, 6.45) is 1.09. The molecule has 0 saturated carbocycles. The Bertz CT molecular complexity index is 373. The first kappa shape index (κ1) is 16.0. The van der Waals surface area contributed by atoms with Crippen molar-refractivity contribution in [2.24, 2.45) is 5.73 Å². The molecular formula is C16H28N2O. The maximum Gasteiger partial charge on any atom is 0.119 e. The van der Waals surface area contributed by atoms with E-state index >= 15 is 0 Å². The van der Waals surface area contributed by atoms with Crippen LogP contribution in [0.15, 0.2) is 24.3 Å². The summed E-state index contributed by atoms with van der Waals surface area (Å²) in [5.41, 5.74) is 7.37. The summed E-state index contributed by atoms with van der Waals surface area (Å²) in [6.45, 7) is 10.0. The Labute approximate surface area is 117 Å². The van der Waals surface area contributed by atoms with Gasteiger partial charge < -0.3 is 10.5 Å². The molecular weight excluding hydrogens is 236 g/mol. The van der Waals surface area contributed by atoms with Crippen LogP contribution < -0.4 is 10.5 Å². The van der Waals surface area contributed by atoms with Crippen molar-refractivity contribution in [2.45, 2.75) is 45.7 Å². The SMILES string of the molecule is CCOc1ccc(C(CN)N(C)C(C)(C)CC)cc1. The summed E-state index contributed by atoms with van der Waals surface area (Å²) in [5.74, 6) is 0.916. The Morgan fingerprint density at radius 1 is 1.21 bits per heavy atom. The second-order valence-corrected chi connectivity index (χ2v) is 5.53. The van der Waals surface area contributed by atoms with E-state index in [1.54, 1.807) is 0 Å². The van der Waals surface area contributed by atoms with Crippen molar-refractivity contribution in [3.8, 4) is 5.75 Å². The number of benzene rings is 1. The van der Waals surface area contributed by atoms with Gasteiger partial charge in [-0.25, -0.2) is 0 Å². The minimum Gasteiger partial charge on any atom is -0.494 e. The molecule has 108 valence electrons. The Morgan fingerprint density at radius 2 is 1.79 bits per heavy atom. The van der Waals surface area contributed by atoms with Gasteiger partial charge in [0.1, 0.15) is 5.75 Å². The maximum atomic E-state index is 5.98. The van der Waals surface area contributed by atoms with E-state index in [0.717, 1.165) is 12.2 Å². The minimum absolute atomic E-state index is 0.141. The molecule has 1 unspecified atom stereocenters. The first-order valence-corrected chi connectivity index (χ1v) is 7.12. The molecule has 0 fully saturated rings. The summed E-state index contributed by atoms with van der Waals surface area (Å²) in [6, 6.07) is 8.52. The van der Waals surface area contributed by atoms with Crippen molar-refractivity contribution in [2.75, 3.05) is 20.2 Å². The van der Waals surface area contributed by atoms with Crippen LogP contribution in [0.25, 0.3) is 0 Å². The fraction of sp³-hybridized carbons (Fsp3) is 0.625. The average Bonchev–Trinajstić information content (AvgIpc) is 2.41. The van der Waals surface area contributed by atoms with Crippen molar-refractivity contribution in [3.63, 3.8) is 0 Å². The van der Waals surface area contributed by atoms with E-state index in [9.17, 15) is 0 Å². The number of likely N-dealkylation sites (N-methyl/N-ethyl adjacent to an activating group) is 1. The van der Waals surface area contributed by atoms with E-state index in [-0.39, 0.29) is 11.6 Å². The Balaban J connectivity index is 2.90. The maximum absolute atomic E-state index is 5.98. The van der Waals surface area contributed by atoms with Gasteiger partial charge in [0.2, 0.25) is 0 Å². The zero-order chi connectivity index (χ0) is 14.5. The van der Waals surface area contributed by atoms with Gasteiger partial charge in [0.15, 0.2) is 0 Å². The Morgan fingerprint density at radius 3 is 2.21 bits per heavy atom. The molecule has 0 bridgehead atoms. The third-order valence-corrected chi connectivity index (χ3v) is 4.09. The number of hydrogen-bond acceptors (Lipinski definition) is 3. The molecule has 1 rings (SSSR count). The van der Waals surface area contributed by atoms with Crippen LogP contribution in [-0.2, 0) is 0 Å². The van der Waals surface area contributed by atoms with Crippen LogP contribution in [0.2, 0.25) is 0 Å². The molecule has 3 nitrogen and oxygen atoms in total. The first-order chi connectivity index (χ1) is 8.96. The second-order valence-electron chi connectivity index (χ2n) is 5.53. The zero-order valence-electron chi connectivity index (χ0n) is 12.9. The van der Waals surface area contributed by atoms with Crippen LogP contribution in [0.4, 0.5) is 0 Å². The van der Waals surface area contributed by atoms with Crippen LogP contribution in [-0.4, -0.2) is 30.6 Å². The third-order valence-electron chi connectivity index (χ3n) is 4.09. The van der Waals surface area contributed by atoms with E-state index in [1.165, 1.54) is 5.56 Å². The molecule has 0 saturated heterocycles. The van der Waals surface area contributed by atoms with Crippen molar-refractivity contribution in [3.05, 3.63) is 29.8 Å². The molecule has 0 heterocycles. The van der Waals surface area contributed by atoms with Crippen molar-refractivity contribution in [1.82, 2.24) is 4.90 Å². The predicted molar refractivity (Wildman–Crippen MR) is 81.5 cm³/mol. The summed E-state index contributed by atoms with van der Waals surface area (Å²) < 4.78 is 5.48. The number of rotatable bonds is 7. The molecule has 1 atom stereocenters. The number of nitrogens with zero attached hydrogens (tertiary/aromatic N) is 1. The van der Waals surface area contributed by atoms with Gasteiger partial charge in [-0.1, -0.05) is 19.1 Å². The molecule has 2 N–H and O–H groups in total. The highest BCUT2D eigenvalue weighted by molar-refractivity contribution is 5.29. The van der Waals surface area contributed by atoms with Gasteiger partial charge in [-0.15, -0.1) is 0 Å². The fourth-order valence-electron chi connectivity index (χ4n) is 2.14. The molecule has 3 heteroatoms. The smallest absolute Gasteiger partial charge is 0.119 e. The fourth-order valence-corrected chi connectivity index (χ4v) is 2.14. The van der Waals surface area contributed by atoms with E-state index < -0.39 is 0 Å². The van der Waals surface area contributed by atoms with Gasteiger partial charge in [0.25, 0.3) is 0 Å². The van der Waals surface area contributed by atoms with Gasteiger partial charge >= 0.3 is 0 Å². The lowest BCUT2D eigenvalue weighted by Crippen LogP contribution is -2.45. The lowest BCUT2D eigenvalue weighted by molar-refractivity contribution is 0.100. The Hall–Kier alpha value is -1.06. The van der Waals surface area contributed by atoms with E-state index in [4.69, 9.17) is 10.5 Å². The predicted octanol–water partition coefficient (Wildman–Crippen LogP) is 3.21. The molecule has 1 aromatic rings. The van der Waals surface area contributed by atoms with Crippen molar-refractivity contribution in [1.29, 1.82) is 0 Å². The number of hydrogen-bond donors (Lipinski definition) is 1. The molecule has 1 aromatic carbocycles. The monoisotopic (exact) mass is 264 g/mol. The zero-order valence-corrected chi connectivity index (χ0v) is 12.9. The number of ether oxygens (including phenoxy) is 1.